The molecule has 2 unspecified atom stereocenters. The average molecular weight is 279 g/mol. The molecule has 2 N–H and O–H groups in total. The number of methoxy groups -OCH3 is 1. The molecule has 0 saturated heterocycles. The molecule has 0 amide bonds. The van der Waals surface area contributed by atoms with Crippen molar-refractivity contribution < 1.29 is 14.6 Å². The Morgan fingerprint density at radius 3 is 2.80 bits per heavy atom. The molecular weight excluding hydrogens is 254 g/mol. The van der Waals surface area contributed by atoms with Gasteiger partial charge in [0.2, 0.25) is 0 Å². The van der Waals surface area contributed by atoms with E-state index in [4.69, 9.17) is 9.47 Å². The largest absolute Gasteiger partial charge is 0.493 e. The van der Waals surface area contributed by atoms with Gasteiger partial charge in [0.1, 0.15) is 6.10 Å². The van der Waals surface area contributed by atoms with Crippen LogP contribution < -0.4 is 14.8 Å². The van der Waals surface area contributed by atoms with Gasteiger partial charge in [-0.3, -0.25) is 0 Å². The molecule has 2 atom stereocenters. The quantitative estimate of drug-likeness (QED) is 0.840. The van der Waals surface area contributed by atoms with Crippen molar-refractivity contribution in [2.75, 3.05) is 13.7 Å². The van der Waals surface area contributed by atoms with Crippen molar-refractivity contribution in [2.45, 2.75) is 51.4 Å². The second-order valence-electron chi connectivity index (χ2n) is 5.24. The molecule has 20 heavy (non-hydrogen) atoms. The van der Waals surface area contributed by atoms with Crippen LogP contribution in [0.3, 0.4) is 0 Å². The summed E-state index contributed by atoms with van der Waals surface area (Å²) < 4.78 is 11.5. The van der Waals surface area contributed by atoms with Gasteiger partial charge in [0.05, 0.1) is 13.2 Å². The normalized spacial score (nSPS) is 22.6. The van der Waals surface area contributed by atoms with E-state index in [0.29, 0.717) is 0 Å². The molecule has 4 nitrogen and oxygen atoms in total. The number of para-hydroxylation sites is 1. The van der Waals surface area contributed by atoms with Crippen molar-refractivity contribution in [1.82, 2.24) is 5.32 Å². The third kappa shape index (κ3) is 3.64. The van der Waals surface area contributed by atoms with Crippen LogP contribution in [0.15, 0.2) is 18.2 Å². The molecule has 0 radical (unpaired) electrons. The minimum absolute atomic E-state index is 0.125. The Kier molecular flexibility index (Phi) is 5.68. The summed E-state index contributed by atoms with van der Waals surface area (Å²) in [6.07, 6.45) is 3.42. The number of aliphatic hydroxyl groups excluding tert-OH is 1. The van der Waals surface area contributed by atoms with Crippen LogP contribution in [0.4, 0.5) is 0 Å². The highest BCUT2D eigenvalue weighted by atomic mass is 16.5. The number of benzene rings is 1. The summed E-state index contributed by atoms with van der Waals surface area (Å²) in [7, 11) is 1.65. The van der Waals surface area contributed by atoms with Gasteiger partial charge < -0.3 is 19.9 Å². The average Bonchev–Trinajstić information content (AvgIpc) is 2.48. The lowest BCUT2D eigenvalue weighted by atomic mass is 9.94. The van der Waals surface area contributed by atoms with Crippen LogP contribution in [0.2, 0.25) is 0 Å². The Labute approximate surface area is 121 Å². The standard InChI is InChI=1S/C16H25NO3/c1-3-17-11-12-7-6-10-15(19-2)16(12)20-14-9-5-4-8-13(14)18/h6-7,10,13-14,17-18H,3-5,8-9,11H2,1-2H3. The molecule has 2 rings (SSSR count). The molecule has 112 valence electrons. The van der Waals surface area contributed by atoms with E-state index in [1.807, 2.05) is 18.2 Å². The van der Waals surface area contributed by atoms with Crippen molar-refractivity contribution in [2.24, 2.45) is 0 Å². The highest BCUT2D eigenvalue weighted by Gasteiger charge is 2.26. The van der Waals surface area contributed by atoms with Crippen molar-refractivity contribution in [3.05, 3.63) is 23.8 Å². The van der Waals surface area contributed by atoms with Crippen molar-refractivity contribution >= 4 is 0 Å². The van der Waals surface area contributed by atoms with Crippen LogP contribution in [0.25, 0.3) is 0 Å². The summed E-state index contributed by atoms with van der Waals surface area (Å²) in [6.45, 7) is 3.72. The molecule has 4 heteroatoms. The summed E-state index contributed by atoms with van der Waals surface area (Å²) >= 11 is 0. The molecule has 0 bridgehead atoms. The van der Waals surface area contributed by atoms with E-state index in [0.717, 1.165) is 55.8 Å². The van der Waals surface area contributed by atoms with Crippen molar-refractivity contribution in [3.63, 3.8) is 0 Å². The summed E-state index contributed by atoms with van der Waals surface area (Å²) in [5, 5.41) is 13.4. The Balaban J connectivity index is 2.18. The van der Waals surface area contributed by atoms with Gasteiger partial charge in [-0.15, -0.1) is 0 Å². The molecular formula is C16H25NO3. The highest BCUT2D eigenvalue weighted by molar-refractivity contribution is 5.46. The Hall–Kier alpha value is -1.26. The number of aliphatic hydroxyl groups is 1. The maximum atomic E-state index is 10.1. The molecule has 1 aliphatic rings. The monoisotopic (exact) mass is 279 g/mol. The van der Waals surface area contributed by atoms with E-state index in [9.17, 15) is 5.11 Å². The molecule has 1 aromatic rings. The van der Waals surface area contributed by atoms with Crippen LogP contribution in [-0.4, -0.2) is 31.0 Å². The van der Waals surface area contributed by atoms with Crippen molar-refractivity contribution in [3.8, 4) is 11.5 Å². The minimum atomic E-state index is -0.374. The van der Waals surface area contributed by atoms with E-state index in [1.54, 1.807) is 7.11 Å². The summed E-state index contributed by atoms with van der Waals surface area (Å²) in [6, 6.07) is 5.91. The topological polar surface area (TPSA) is 50.7 Å². The van der Waals surface area contributed by atoms with E-state index in [2.05, 4.69) is 12.2 Å². The fourth-order valence-corrected chi connectivity index (χ4v) is 2.62. The van der Waals surface area contributed by atoms with Gasteiger partial charge in [-0.05, 0) is 31.9 Å². The van der Waals surface area contributed by atoms with E-state index >= 15 is 0 Å². The Bertz CT molecular complexity index is 422. The number of ether oxygens (including phenoxy) is 2. The first-order valence-electron chi connectivity index (χ1n) is 7.47. The maximum Gasteiger partial charge on any atom is 0.166 e. The van der Waals surface area contributed by atoms with Crippen LogP contribution >= 0.6 is 0 Å². The van der Waals surface area contributed by atoms with E-state index in [-0.39, 0.29) is 12.2 Å². The Morgan fingerprint density at radius 1 is 1.30 bits per heavy atom. The van der Waals surface area contributed by atoms with Gasteiger partial charge in [-0.2, -0.15) is 0 Å². The number of rotatable bonds is 6. The molecule has 1 fully saturated rings. The van der Waals surface area contributed by atoms with Crippen LogP contribution in [0, 0.1) is 0 Å². The molecule has 0 aliphatic heterocycles. The van der Waals surface area contributed by atoms with Crippen LogP contribution in [-0.2, 0) is 6.54 Å². The lowest BCUT2D eigenvalue weighted by Crippen LogP contribution is -2.35. The third-order valence-electron chi connectivity index (χ3n) is 3.78. The van der Waals surface area contributed by atoms with Gasteiger partial charge in [0, 0.05) is 12.1 Å². The molecule has 1 aromatic carbocycles. The predicted octanol–water partition coefficient (Wildman–Crippen LogP) is 2.49. The summed E-state index contributed by atoms with van der Waals surface area (Å²) in [5.41, 5.74) is 1.07. The fraction of sp³-hybridized carbons (Fsp3) is 0.625. The zero-order valence-corrected chi connectivity index (χ0v) is 12.4. The second-order valence-corrected chi connectivity index (χ2v) is 5.24. The lowest BCUT2D eigenvalue weighted by Gasteiger charge is -2.29. The zero-order valence-electron chi connectivity index (χ0n) is 12.4. The predicted molar refractivity (Wildman–Crippen MR) is 79.3 cm³/mol. The third-order valence-corrected chi connectivity index (χ3v) is 3.78. The van der Waals surface area contributed by atoms with Gasteiger partial charge in [-0.1, -0.05) is 25.5 Å². The second kappa shape index (κ2) is 7.50. The first-order valence-corrected chi connectivity index (χ1v) is 7.47. The van der Waals surface area contributed by atoms with Crippen LogP contribution in [0.5, 0.6) is 11.5 Å². The number of hydrogen-bond acceptors (Lipinski definition) is 4. The van der Waals surface area contributed by atoms with E-state index < -0.39 is 0 Å². The van der Waals surface area contributed by atoms with E-state index in [1.165, 1.54) is 0 Å². The van der Waals surface area contributed by atoms with Gasteiger partial charge in [0.25, 0.3) is 0 Å². The fourth-order valence-electron chi connectivity index (χ4n) is 2.62. The van der Waals surface area contributed by atoms with Crippen LogP contribution in [0.1, 0.15) is 38.2 Å². The Morgan fingerprint density at radius 2 is 2.10 bits per heavy atom. The molecule has 1 aliphatic carbocycles. The van der Waals surface area contributed by atoms with Gasteiger partial charge >= 0.3 is 0 Å². The number of hydrogen-bond donors (Lipinski definition) is 2. The van der Waals surface area contributed by atoms with Crippen molar-refractivity contribution in [1.29, 1.82) is 0 Å². The molecule has 0 heterocycles. The summed E-state index contributed by atoms with van der Waals surface area (Å²) in [5.74, 6) is 1.50. The number of nitrogens with one attached hydrogen (secondary N) is 1. The first-order chi connectivity index (χ1) is 9.76. The lowest BCUT2D eigenvalue weighted by molar-refractivity contribution is 0.00514. The summed E-state index contributed by atoms with van der Waals surface area (Å²) in [4.78, 5) is 0. The first kappa shape index (κ1) is 15.1. The smallest absolute Gasteiger partial charge is 0.166 e. The SMILES string of the molecule is CCNCc1cccc(OC)c1OC1CCCCC1O. The molecule has 0 aromatic heterocycles. The highest BCUT2D eigenvalue weighted by Crippen LogP contribution is 2.34. The molecule has 0 spiro atoms. The zero-order chi connectivity index (χ0) is 14.4. The minimum Gasteiger partial charge on any atom is -0.493 e. The molecule has 1 saturated carbocycles. The maximum absolute atomic E-state index is 10.1. The van der Waals surface area contributed by atoms with Gasteiger partial charge in [-0.25, -0.2) is 0 Å². The van der Waals surface area contributed by atoms with Gasteiger partial charge in [0.15, 0.2) is 11.5 Å².